The van der Waals surface area contributed by atoms with E-state index in [2.05, 4.69) is 258 Å². The fourth-order valence-corrected chi connectivity index (χ4v) is 11.0. The molecular formula is C65H41N3. The van der Waals surface area contributed by atoms with E-state index in [-0.39, 0.29) is 0 Å². The van der Waals surface area contributed by atoms with Crippen LogP contribution in [0.15, 0.2) is 249 Å². The number of hydrogen-bond donors (Lipinski definition) is 0. The number of nitrogens with zero attached hydrogens (tertiary/aromatic N) is 3. The predicted octanol–water partition coefficient (Wildman–Crippen LogP) is 17.4. The molecule has 0 radical (unpaired) electrons. The second-order valence-corrected chi connectivity index (χ2v) is 17.9. The van der Waals surface area contributed by atoms with E-state index in [1.165, 1.54) is 75.9 Å². The molecule has 3 heteroatoms. The Morgan fingerprint density at radius 2 is 0.618 bits per heavy atom. The van der Waals surface area contributed by atoms with E-state index in [0.29, 0.717) is 0 Å². The number of fused-ring (bicyclic) bond motifs is 12. The van der Waals surface area contributed by atoms with Crippen molar-refractivity contribution in [3.8, 4) is 56.1 Å². The van der Waals surface area contributed by atoms with Crippen molar-refractivity contribution < 1.29 is 0 Å². The standard InChI is InChI=1S/C65H41N3/c1-3-17-42(18-4-1)46-40-60(44-32-34-65-59(39-44)57-27-13-16-30-64(57)67(65)48-19-5-2-6-20-48)66-61(41-46)47-35-45(36-49(37-47)68-62-28-14-11-25-55(62)56-26-12-15-29-63(56)68)43-31-33-54-52-23-8-7-21-50(52)51-22-9-10-24-53(51)58(54)38-43/h1-41H. The normalized spacial score (nSPS) is 11.8. The Bertz CT molecular complexity index is 4220. The van der Waals surface area contributed by atoms with Gasteiger partial charge in [-0.15, -0.1) is 0 Å². The molecule has 0 N–H and O–H groups in total. The minimum Gasteiger partial charge on any atom is -0.309 e. The summed E-state index contributed by atoms with van der Waals surface area (Å²) in [6.07, 6.45) is 0. The van der Waals surface area contributed by atoms with Gasteiger partial charge in [0.25, 0.3) is 0 Å². The van der Waals surface area contributed by atoms with Crippen LogP contribution < -0.4 is 0 Å². The lowest BCUT2D eigenvalue weighted by molar-refractivity contribution is 1.18. The first-order valence-electron chi connectivity index (χ1n) is 23.4. The lowest BCUT2D eigenvalue weighted by Gasteiger charge is -2.16. The van der Waals surface area contributed by atoms with Crippen LogP contribution in [0.4, 0.5) is 0 Å². The lowest BCUT2D eigenvalue weighted by Crippen LogP contribution is -1.97. The Hall–Kier alpha value is -9.05. The largest absolute Gasteiger partial charge is 0.309 e. The van der Waals surface area contributed by atoms with Crippen molar-refractivity contribution in [1.29, 1.82) is 0 Å². The van der Waals surface area contributed by atoms with Crippen molar-refractivity contribution in [2.75, 3.05) is 0 Å². The molecule has 0 aliphatic carbocycles. The summed E-state index contributed by atoms with van der Waals surface area (Å²) in [5.41, 5.74) is 15.4. The summed E-state index contributed by atoms with van der Waals surface area (Å²) in [6, 6.07) is 90.7. The van der Waals surface area contributed by atoms with Gasteiger partial charge in [-0.05, 0) is 133 Å². The van der Waals surface area contributed by atoms with Gasteiger partial charge >= 0.3 is 0 Å². The van der Waals surface area contributed by atoms with E-state index >= 15 is 0 Å². The fraction of sp³-hybridized carbons (Fsp3) is 0. The summed E-state index contributed by atoms with van der Waals surface area (Å²) in [7, 11) is 0. The summed E-state index contributed by atoms with van der Waals surface area (Å²) < 4.78 is 4.80. The van der Waals surface area contributed by atoms with Gasteiger partial charge in [-0.3, -0.25) is 0 Å². The zero-order chi connectivity index (χ0) is 44.7. The van der Waals surface area contributed by atoms with E-state index < -0.39 is 0 Å². The second-order valence-electron chi connectivity index (χ2n) is 17.9. The van der Waals surface area contributed by atoms with Crippen molar-refractivity contribution >= 4 is 75.9 Å². The first-order chi connectivity index (χ1) is 33.7. The minimum absolute atomic E-state index is 0.911. The summed E-state index contributed by atoms with van der Waals surface area (Å²) in [5, 5.41) is 12.4. The van der Waals surface area contributed by atoms with Crippen LogP contribution in [0.25, 0.3) is 132 Å². The molecule has 3 nitrogen and oxygen atoms in total. The first kappa shape index (κ1) is 38.2. The monoisotopic (exact) mass is 863 g/mol. The van der Waals surface area contributed by atoms with Crippen molar-refractivity contribution in [3.63, 3.8) is 0 Å². The number of aromatic nitrogens is 3. The topological polar surface area (TPSA) is 22.8 Å². The van der Waals surface area contributed by atoms with Gasteiger partial charge in [0, 0.05) is 44.0 Å². The average molecular weight is 864 g/mol. The molecule has 3 aromatic heterocycles. The van der Waals surface area contributed by atoms with Crippen LogP contribution in [0.2, 0.25) is 0 Å². The Labute approximate surface area is 393 Å². The van der Waals surface area contributed by atoms with Gasteiger partial charge in [0.05, 0.1) is 33.5 Å². The SMILES string of the molecule is c1ccc(-c2cc(-c3cc(-c4ccc5c6ccccc6c6ccccc6c5c4)cc(-n4c5ccccc5c5ccccc54)c3)nc(-c3ccc4c(c3)c3ccccc3n4-c3ccccc3)c2)cc1. The van der Waals surface area contributed by atoms with Crippen molar-refractivity contribution in [3.05, 3.63) is 249 Å². The third-order valence-corrected chi connectivity index (χ3v) is 14.0. The summed E-state index contributed by atoms with van der Waals surface area (Å²) in [5.74, 6) is 0. The van der Waals surface area contributed by atoms with Crippen LogP contribution in [0.1, 0.15) is 0 Å². The van der Waals surface area contributed by atoms with E-state index in [4.69, 9.17) is 4.98 Å². The summed E-state index contributed by atoms with van der Waals surface area (Å²) >= 11 is 0. The molecule has 0 spiro atoms. The highest BCUT2D eigenvalue weighted by Crippen LogP contribution is 2.42. The average Bonchev–Trinajstić information content (AvgIpc) is 3.94. The Morgan fingerprint density at radius 3 is 1.24 bits per heavy atom. The maximum atomic E-state index is 5.64. The number of hydrogen-bond acceptors (Lipinski definition) is 1. The molecule has 11 aromatic carbocycles. The van der Waals surface area contributed by atoms with E-state index in [1.807, 2.05) is 0 Å². The molecule has 0 aliphatic heterocycles. The third kappa shape index (κ3) is 6.03. The van der Waals surface area contributed by atoms with Crippen molar-refractivity contribution in [2.24, 2.45) is 0 Å². The van der Waals surface area contributed by atoms with E-state index in [0.717, 1.165) is 56.1 Å². The second kappa shape index (κ2) is 15.3. The molecule has 0 atom stereocenters. The predicted molar refractivity (Wildman–Crippen MR) is 287 cm³/mol. The first-order valence-corrected chi connectivity index (χ1v) is 23.4. The number of benzene rings is 11. The summed E-state index contributed by atoms with van der Waals surface area (Å²) in [6.45, 7) is 0. The smallest absolute Gasteiger partial charge is 0.0716 e. The minimum atomic E-state index is 0.911. The molecule has 0 bridgehead atoms. The van der Waals surface area contributed by atoms with Crippen LogP contribution in [0, 0.1) is 0 Å². The molecule has 0 aliphatic rings. The van der Waals surface area contributed by atoms with E-state index in [9.17, 15) is 0 Å². The Balaban J connectivity index is 1.03. The highest BCUT2D eigenvalue weighted by atomic mass is 15.0. The molecule has 14 rings (SSSR count). The highest BCUT2D eigenvalue weighted by molar-refractivity contribution is 6.26. The Morgan fingerprint density at radius 1 is 0.206 bits per heavy atom. The molecule has 0 fully saturated rings. The molecule has 0 amide bonds. The van der Waals surface area contributed by atoms with Gasteiger partial charge in [0.2, 0.25) is 0 Å². The molecule has 3 heterocycles. The Kier molecular flexibility index (Phi) is 8.59. The maximum absolute atomic E-state index is 5.64. The molecule has 0 saturated heterocycles. The highest BCUT2D eigenvalue weighted by Gasteiger charge is 2.19. The van der Waals surface area contributed by atoms with E-state index in [1.54, 1.807) is 0 Å². The molecular weight excluding hydrogens is 823 g/mol. The van der Waals surface area contributed by atoms with Crippen LogP contribution >= 0.6 is 0 Å². The molecule has 14 aromatic rings. The van der Waals surface area contributed by atoms with Gasteiger partial charge in [-0.2, -0.15) is 0 Å². The van der Waals surface area contributed by atoms with Crippen LogP contribution in [0.3, 0.4) is 0 Å². The molecule has 0 unspecified atom stereocenters. The fourth-order valence-electron chi connectivity index (χ4n) is 11.0. The molecule has 0 saturated carbocycles. The van der Waals surface area contributed by atoms with Gasteiger partial charge in [-0.1, -0.05) is 170 Å². The van der Waals surface area contributed by atoms with Gasteiger partial charge in [-0.25, -0.2) is 4.98 Å². The van der Waals surface area contributed by atoms with Crippen LogP contribution in [-0.4, -0.2) is 14.1 Å². The maximum Gasteiger partial charge on any atom is 0.0716 e. The van der Waals surface area contributed by atoms with Crippen molar-refractivity contribution in [1.82, 2.24) is 14.1 Å². The quantitative estimate of drug-likeness (QED) is 0.153. The zero-order valence-electron chi connectivity index (χ0n) is 37.0. The molecule has 68 heavy (non-hydrogen) atoms. The van der Waals surface area contributed by atoms with Gasteiger partial charge < -0.3 is 9.13 Å². The third-order valence-electron chi connectivity index (χ3n) is 14.0. The van der Waals surface area contributed by atoms with Gasteiger partial charge in [0.15, 0.2) is 0 Å². The van der Waals surface area contributed by atoms with Crippen LogP contribution in [0.5, 0.6) is 0 Å². The molecule has 316 valence electrons. The number of pyridine rings is 1. The lowest BCUT2D eigenvalue weighted by atomic mass is 9.91. The number of para-hydroxylation sites is 4. The van der Waals surface area contributed by atoms with Crippen LogP contribution in [-0.2, 0) is 0 Å². The zero-order valence-corrected chi connectivity index (χ0v) is 37.0. The summed E-state index contributed by atoms with van der Waals surface area (Å²) in [4.78, 5) is 5.64. The number of rotatable bonds is 6. The van der Waals surface area contributed by atoms with Crippen molar-refractivity contribution in [2.45, 2.75) is 0 Å². The van der Waals surface area contributed by atoms with Gasteiger partial charge in [0.1, 0.15) is 0 Å².